The van der Waals surface area contributed by atoms with Crippen molar-refractivity contribution in [2.24, 2.45) is 5.14 Å². The van der Waals surface area contributed by atoms with Crippen LogP contribution in [0.2, 0.25) is 5.15 Å². The van der Waals surface area contributed by atoms with Crippen LogP contribution in [0, 0.1) is 0 Å². The van der Waals surface area contributed by atoms with Gasteiger partial charge in [-0.15, -0.1) is 0 Å². The van der Waals surface area contributed by atoms with Crippen molar-refractivity contribution in [1.82, 2.24) is 4.98 Å². The van der Waals surface area contributed by atoms with Gasteiger partial charge in [-0.3, -0.25) is 0 Å². The second-order valence-corrected chi connectivity index (χ2v) is 5.87. The van der Waals surface area contributed by atoms with E-state index in [1.54, 1.807) is 12.1 Å². The van der Waals surface area contributed by atoms with E-state index in [2.05, 4.69) is 4.98 Å². The summed E-state index contributed by atoms with van der Waals surface area (Å²) in [6.07, 6.45) is 1.49. The zero-order valence-corrected chi connectivity index (χ0v) is 9.43. The monoisotopic (exact) mass is 234 g/mol. The van der Waals surface area contributed by atoms with Gasteiger partial charge in [0.1, 0.15) is 9.90 Å². The van der Waals surface area contributed by atoms with Gasteiger partial charge < -0.3 is 0 Å². The third-order valence-corrected chi connectivity index (χ3v) is 4.06. The lowest BCUT2D eigenvalue weighted by atomic mass is 10.1. The minimum Gasteiger partial charge on any atom is -0.244 e. The lowest BCUT2D eigenvalue weighted by molar-refractivity contribution is 0.556. The summed E-state index contributed by atoms with van der Waals surface area (Å²) in [5.41, 5.74) is 0.407. The van der Waals surface area contributed by atoms with Crippen molar-refractivity contribution in [1.29, 1.82) is 0 Å². The molecule has 0 aliphatic carbocycles. The second kappa shape index (κ2) is 3.49. The van der Waals surface area contributed by atoms with Gasteiger partial charge in [0.25, 0.3) is 0 Å². The number of rotatable bonds is 2. The van der Waals surface area contributed by atoms with Gasteiger partial charge in [-0.25, -0.2) is 18.5 Å². The molecule has 1 aromatic rings. The standard InChI is InChI=1S/C8H11ClN2O2S/c1-8(2,14(10,12)13)6-4-3-5-11-7(6)9/h3-5H,1-2H3,(H2,10,12,13). The van der Waals surface area contributed by atoms with Crippen LogP contribution in [-0.2, 0) is 14.8 Å². The van der Waals surface area contributed by atoms with E-state index in [0.717, 1.165) is 0 Å². The van der Waals surface area contributed by atoms with E-state index >= 15 is 0 Å². The molecule has 0 atom stereocenters. The second-order valence-electron chi connectivity index (χ2n) is 3.40. The Balaban J connectivity index is 3.38. The first-order valence-corrected chi connectivity index (χ1v) is 5.82. The lowest BCUT2D eigenvalue weighted by Crippen LogP contribution is -2.35. The van der Waals surface area contributed by atoms with Crippen molar-refractivity contribution in [3.8, 4) is 0 Å². The summed E-state index contributed by atoms with van der Waals surface area (Å²) >= 11 is 5.78. The molecule has 4 nitrogen and oxygen atoms in total. The molecule has 0 aromatic carbocycles. The maximum Gasteiger partial charge on any atom is 0.218 e. The number of halogens is 1. The SMILES string of the molecule is CC(C)(c1cccnc1Cl)S(N)(=O)=O. The summed E-state index contributed by atoms with van der Waals surface area (Å²) < 4.78 is 21.4. The summed E-state index contributed by atoms with van der Waals surface area (Å²) in [7, 11) is -3.70. The quantitative estimate of drug-likeness (QED) is 0.783. The number of hydrogen-bond donors (Lipinski definition) is 1. The molecule has 0 spiro atoms. The minimum absolute atomic E-state index is 0.159. The fourth-order valence-electron chi connectivity index (χ4n) is 0.988. The van der Waals surface area contributed by atoms with Gasteiger partial charge >= 0.3 is 0 Å². The van der Waals surface area contributed by atoms with Crippen LogP contribution >= 0.6 is 11.6 Å². The first-order valence-electron chi connectivity index (χ1n) is 3.90. The fraction of sp³-hybridized carbons (Fsp3) is 0.375. The normalized spacial score (nSPS) is 12.9. The van der Waals surface area contributed by atoms with Crippen LogP contribution in [0.25, 0.3) is 0 Å². The van der Waals surface area contributed by atoms with Crippen molar-refractivity contribution in [2.75, 3.05) is 0 Å². The Bertz CT molecular complexity index is 442. The summed E-state index contributed by atoms with van der Waals surface area (Å²) in [6.45, 7) is 2.98. The van der Waals surface area contributed by atoms with Gasteiger partial charge in [-0.2, -0.15) is 0 Å². The molecule has 1 heterocycles. The molecular weight excluding hydrogens is 224 g/mol. The van der Waals surface area contributed by atoms with Crippen LogP contribution < -0.4 is 5.14 Å². The number of hydrogen-bond acceptors (Lipinski definition) is 3. The number of primary sulfonamides is 1. The number of nitrogens with zero attached hydrogens (tertiary/aromatic N) is 1. The van der Waals surface area contributed by atoms with Crippen LogP contribution in [0.3, 0.4) is 0 Å². The van der Waals surface area contributed by atoms with Gasteiger partial charge in [0.2, 0.25) is 10.0 Å². The summed E-state index contributed by atoms with van der Waals surface area (Å²) in [5, 5.41) is 5.26. The molecule has 0 aliphatic rings. The van der Waals surface area contributed by atoms with Crippen molar-refractivity contribution in [3.05, 3.63) is 29.0 Å². The minimum atomic E-state index is -3.70. The smallest absolute Gasteiger partial charge is 0.218 e. The molecule has 1 rings (SSSR count). The van der Waals surface area contributed by atoms with E-state index in [-0.39, 0.29) is 5.15 Å². The number of aromatic nitrogens is 1. The Kier molecular flexibility index (Phi) is 2.85. The van der Waals surface area contributed by atoms with Crippen LogP contribution in [-0.4, -0.2) is 13.4 Å². The van der Waals surface area contributed by atoms with E-state index in [1.165, 1.54) is 20.0 Å². The molecule has 0 fully saturated rings. The highest BCUT2D eigenvalue weighted by Crippen LogP contribution is 2.31. The van der Waals surface area contributed by atoms with Crippen LogP contribution in [0.5, 0.6) is 0 Å². The summed E-state index contributed by atoms with van der Waals surface area (Å²) in [4.78, 5) is 3.80. The molecule has 0 unspecified atom stereocenters. The van der Waals surface area contributed by atoms with Gasteiger partial charge in [0.05, 0.1) is 0 Å². The Morgan fingerprint density at radius 1 is 1.50 bits per heavy atom. The van der Waals surface area contributed by atoms with Crippen molar-refractivity contribution < 1.29 is 8.42 Å². The molecule has 1 aromatic heterocycles. The Morgan fingerprint density at radius 3 is 2.50 bits per heavy atom. The van der Waals surface area contributed by atoms with E-state index in [4.69, 9.17) is 16.7 Å². The number of sulfonamides is 1. The highest BCUT2D eigenvalue weighted by Gasteiger charge is 2.35. The fourth-order valence-corrected chi connectivity index (χ4v) is 1.87. The van der Waals surface area contributed by atoms with E-state index in [1.807, 2.05) is 0 Å². The highest BCUT2D eigenvalue weighted by atomic mass is 35.5. The molecule has 6 heteroatoms. The third-order valence-electron chi connectivity index (χ3n) is 2.12. The van der Waals surface area contributed by atoms with Crippen molar-refractivity contribution in [2.45, 2.75) is 18.6 Å². The molecule has 0 aliphatic heterocycles. The van der Waals surface area contributed by atoms with Crippen molar-refractivity contribution >= 4 is 21.6 Å². The van der Waals surface area contributed by atoms with Gasteiger partial charge in [-0.05, 0) is 19.9 Å². The Morgan fingerprint density at radius 2 is 2.07 bits per heavy atom. The van der Waals surface area contributed by atoms with E-state index in [9.17, 15) is 8.42 Å². The largest absolute Gasteiger partial charge is 0.244 e. The van der Waals surface area contributed by atoms with Crippen LogP contribution in [0.15, 0.2) is 18.3 Å². The molecule has 0 saturated heterocycles. The van der Waals surface area contributed by atoms with Crippen LogP contribution in [0.1, 0.15) is 19.4 Å². The van der Waals surface area contributed by atoms with Crippen molar-refractivity contribution in [3.63, 3.8) is 0 Å². The first-order chi connectivity index (χ1) is 6.27. The average Bonchev–Trinajstić information content (AvgIpc) is 2.02. The Hall–Kier alpha value is -0.650. The molecule has 0 saturated carbocycles. The molecular formula is C8H11ClN2O2S. The van der Waals surface area contributed by atoms with Gasteiger partial charge in [0.15, 0.2) is 0 Å². The lowest BCUT2D eigenvalue weighted by Gasteiger charge is -2.22. The van der Waals surface area contributed by atoms with E-state index < -0.39 is 14.8 Å². The van der Waals surface area contributed by atoms with E-state index in [0.29, 0.717) is 5.56 Å². The topological polar surface area (TPSA) is 73.0 Å². The maximum absolute atomic E-state index is 11.3. The number of nitrogens with two attached hydrogens (primary N) is 1. The van der Waals surface area contributed by atoms with Gasteiger partial charge in [-0.1, -0.05) is 17.7 Å². The summed E-state index contributed by atoms with van der Waals surface area (Å²) in [5.74, 6) is 0. The predicted molar refractivity (Wildman–Crippen MR) is 55.4 cm³/mol. The zero-order chi connectivity index (χ0) is 11.0. The predicted octanol–water partition coefficient (Wildman–Crippen LogP) is 1.26. The van der Waals surface area contributed by atoms with Gasteiger partial charge in [0, 0.05) is 11.8 Å². The molecule has 2 N–H and O–H groups in total. The third kappa shape index (κ3) is 1.89. The summed E-state index contributed by atoms with van der Waals surface area (Å²) in [6, 6.07) is 3.22. The maximum atomic E-state index is 11.3. The molecule has 0 bridgehead atoms. The average molecular weight is 235 g/mol. The first kappa shape index (κ1) is 11.4. The number of pyridine rings is 1. The molecule has 0 radical (unpaired) electrons. The van der Waals surface area contributed by atoms with Crippen LogP contribution in [0.4, 0.5) is 0 Å². The molecule has 14 heavy (non-hydrogen) atoms. The zero-order valence-electron chi connectivity index (χ0n) is 7.86. The molecule has 0 amide bonds. The Labute approximate surface area is 88.1 Å². The molecule has 78 valence electrons. The highest BCUT2D eigenvalue weighted by molar-refractivity contribution is 7.90.